The van der Waals surface area contributed by atoms with E-state index >= 15 is 0 Å². The van der Waals surface area contributed by atoms with Gasteiger partial charge in [0.05, 0.1) is 17.0 Å². The maximum atomic E-state index is 12.6. The van der Waals surface area contributed by atoms with Gasteiger partial charge in [-0.25, -0.2) is 0 Å². The maximum absolute atomic E-state index is 12.6. The lowest BCUT2D eigenvalue weighted by atomic mass is 10.2. The Hall–Kier alpha value is -1.70. The first kappa shape index (κ1) is 20.6. The number of ether oxygens (including phenoxy) is 1. The number of amides is 3. The molecular formula is C17H18Cl2N2O4S. The summed E-state index contributed by atoms with van der Waals surface area (Å²) in [7, 11) is 1.45. The summed E-state index contributed by atoms with van der Waals surface area (Å²) in [6.45, 7) is 4.42. The zero-order valence-corrected chi connectivity index (χ0v) is 16.9. The summed E-state index contributed by atoms with van der Waals surface area (Å²) in [5.41, 5.74) is 0.477. The van der Waals surface area contributed by atoms with Crippen molar-refractivity contribution in [1.29, 1.82) is 0 Å². The van der Waals surface area contributed by atoms with Gasteiger partial charge in [0.15, 0.2) is 0 Å². The van der Waals surface area contributed by atoms with E-state index in [1.54, 1.807) is 11.0 Å². The minimum absolute atomic E-state index is 0.180. The number of hydrogen-bond donors (Lipinski definition) is 0. The molecule has 140 valence electrons. The van der Waals surface area contributed by atoms with Crippen LogP contribution in [0, 0.1) is 0 Å². The van der Waals surface area contributed by atoms with Gasteiger partial charge in [-0.2, -0.15) is 0 Å². The van der Waals surface area contributed by atoms with Crippen LogP contribution in [0.4, 0.5) is 4.79 Å². The van der Waals surface area contributed by atoms with E-state index in [2.05, 4.69) is 0 Å². The van der Waals surface area contributed by atoms with Crippen molar-refractivity contribution in [2.45, 2.75) is 13.8 Å². The molecule has 0 bridgehead atoms. The molecule has 2 rings (SSSR count). The number of carbonyl (C=O) groups is 3. The summed E-state index contributed by atoms with van der Waals surface area (Å²) in [5.74, 6) is -0.456. The largest absolute Gasteiger partial charge is 0.495 e. The van der Waals surface area contributed by atoms with Crippen LogP contribution < -0.4 is 4.74 Å². The van der Waals surface area contributed by atoms with Crippen molar-refractivity contribution < 1.29 is 19.1 Å². The van der Waals surface area contributed by atoms with Crippen LogP contribution in [0.1, 0.15) is 19.4 Å². The van der Waals surface area contributed by atoms with E-state index < -0.39 is 11.1 Å². The van der Waals surface area contributed by atoms with Gasteiger partial charge in [-0.1, -0.05) is 23.2 Å². The fraction of sp³-hybridized carbons (Fsp3) is 0.353. The minimum Gasteiger partial charge on any atom is -0.495 e. The van der Waals surface area contributed by atoms with Gasteiger partial charge in [0.25, 0.3) is 11.1 Å². The average Bonchev–Trinajstić information content (AvgIpc) is 2.83. The number of methoxy groups -OCH3 is 1. The summed E-state index contributed by atoms with van der Waals surface area (Å²) < 4.78 is 5.24. The summed E-state index contributed by atoms with van der Waals surface area (Å²) >= 11 is 12.9. The molecule has 1 heterocycles. The Morgan fingerprint density at radius 2 is 1.92 bits per heavy atom. The molecule has 0 saturated carbocycles. The van der Waals surface area contributed by atoms with Crippen LogP contribution in [0.5, 0.6) is 5.75 Å². The Balaban J connectivity index is 2.29. The predicted molar refractivity (Wildman–Crippen MR) is 104 cm³/mol. The molecule has 1 aliphatic rings. The van der Waals surface area contributed by atoms with E-state index in [9.17, 15) is 14.4 Å². The number of rotatable bonds is 6. The third-order valence-electron chi connectivity index (χ3n) is 3.81. The zero-order chi connectivity index (χ0) is 19.4. The SMILES string of the molecule is CCN(CC)C(=O)CN1C(=O)S/C(=C\c2cc(Cl)cc(Cl)c2OC)C1=O. The van der Waals surface area contributed by atoms with Crippen molar-refractivity contribution in [1.82, 2.24) is 9.80 Å². The van der Waals surface area contributed by atoms with E-state index in [1.165, 1.54) is 19.3 Å². The molecule has 9 heteroatoms. The van der Waals surface area contributed by atoms with Crippen LogP contribution in [0.25, 0.3) is 6.08 Å². The molecule has 0 unspecified atom stereocenters. The Labute approximate surface area is 166 Å². The fourth-order valence-electron chi connectivity index (χ4n) is 2.49. The molecule has 3 amide bonds. The molecule has 1 saturated heterocycles. The van der Waals surface area contributed by atoms with E-state index in [0.717, 1.165) is 16.7 Å². The molecule has 6 nitrogen and oxygen atoms in total. The highest BCUT2D eigenvalue weighted by atomic mass is 35.5. The Kier molecular flexibility index (Phi) is 6.97. The molecule has 1 aromatic rings. The highest BCUT2D eigenvalue weighted by molar-refractivity contribution is 8.18. The number of nitrogens with zero attached hydrogens (tertiary/aromatic N) is 2. The number of thioether (sulfide) groups is 1. The lowest BCUT2D eigenvalue weighted by molar-refractivity contribution is -0.135. The van der Waals surface area contributed by atoms with E-state index in [-0.39, 0.29) is 17.4 Å². The summed E-state index contributed by atoms with van der Waals surface area (Å²) in [4.78, 5) is 39.6. The van der Waals surface area contributed by atoms with Crippen molar-refractivity contribution in [3.8, 4) is 5.75 Å². The summed E-state index contributed by atoms with van der Waals surface area (Å²) in [6, 6.07) is 3.11. The fourth-order valence-corrected chi connectivity index (χ4v) is 3.91. The predicted octanol–water partition coefficient (Wildman–Crippen LogP) is 3.91. The first-order chi connectivity index (χ1) is 12.3. The van der Waals surface area contributed by atoms with Crippen LogP contribution in [-0.4, -0.2) is 53.6 Å². The standard InChI is InChI=1S/C17H18Cl2N2O4S/c1-4-20(5-2)14(22)9-21-16(23)13(26-17(21)24)7-10-6-11(18)8-12(19)15(10)25-3/h6-8H,4-5,9H2,1-3H3/b13-7-. The molecular weight excluding hydrogens is 399 g/mol. The normalized spacial score (nSPS) is 15.7. The molecule has 0 aliphatic carbocycles. The van der Waals surface area contributed by atoms with Gasteiger partial charge >= 0.3 is 0 Å². The molecule has 1 aliphatic heterocycles. The molecule has 26 heavy (non-hydrogen) atoms. The number of hydrogen-bond acceptors (Lipinski definition) is 5. The van der Waals surface area contributed by atoms with Gasteiger partial charge in [0.2, 0.25) is 5.91 Å². The van der Waals surface area contributed by atoms with Crippen molar-refractivity contribution in [3.63, 3.8) is 0 Å². The van der Waals surface area contributed by atoms with Gasteiger partial charge in [-0.3, -0.25) is 19.3 Å². The van der Waals surface area contributed by atoms with E-state index in [4.69, 9.17) is 27.9 Å². The first-order valence-electron chi connectivity index (χ1n) is 7.88. The quantitative estimate of drug-likeness (QED) is 0.657. The molecule has 0 aromatic heterocycles. The van der Waals surface area contributed by atoms with Crippen molar-refractivity contribution in [3.05, 3.63) is 32.6 Å². The molecule has 0 atom stereocenters. The number of imide groups is 1. The molecule has 1 aromatic carbocycles. The van der Waals surface area contributed by atoms with Crippen molar-refractivity contribution in [2.75, 3.05) is 26.7 Å². The van der Waals surface area contributed by atoms with Gasteiger partial charge in [0.1, 0.15) is 12.3 Å². The lowest BCUT2D eigenvalue weighted by Crippen LogP contribution is -2.41. The summed E-state index contributed by atoms with van der Waals surface area (Å²) in [6.07, 6.45) is 1.49. The smallest absolute Gasteiger partial charge is 0.294 e. The van der Waals surface area contributed by atoms with E-state index in [0.29, 0.717) is 34.4 Å². The van der Waals surface area contributed by atoms with Crippen LogP contribution in [0.15, 0.2) is 17.0 Å². The molecule has 0 radical (unpaired) electrons. The van der Waals surface area contributed by atoms with Crippen LogP contribution >= 0.6 is 35.0 Å². The topological polar surface area (TPSA) is 66.9 Å². The number of carbonyl (C=O) groups excluding carboxylic acids is 3. The van der Waals surface area contributed by atoms with Crippen LogP contribution in [-0.2, 0) is 9.59 Å². The third kappa shape index (κ3) is 4.34. The maximum Gasteiger partial charge on any atom is 0.294 e. The number of halogens is 2. The van der Waals surface area contributed by atoms with Gasteiger partial charge in [-0.05, 0) is 43.8 Å². The first-order valence-corrected chi connectivity index (χ1v) is 9.45. The molecule has 0 spiro atoms. The van der Waals surface area contributed by atoms with Crippen LogP contribution in [0.2, 0.25) is 10.0 Å². The summed E-state index contributed by atoms with van der Waals surface area (Å²) in [5, 5.41) is 0.175. The van der Waals surface area contributed by atoms with Gasteiger partial charge in [0, 0.05) is 23.7 Å². The highest BCUT2D eigenvalue weighted by Gasteiger charge is 2.37. The number of benzene rings is 1. The molecule has 0 N–H and O–H groups in total. The third-order valence-corrected chi connectivity index (χ3v) is 5.22. The average molecular weight is 417 g/mol. The van der Waals surface area contributed by atoms with Gasteiger partial charge < -0.3 is 9.64 Å². The van der Waals surface area contributed by atoms with Crippen molar-refractivity contribution >= 4 is 58.1 Å². The molecule has 1 fully saturated rings. The highest BCUT2D eigenvalue weighted by Crippen LogP contribution is 2.37. The number of likely N-dealkylation sites (N-methyl/N-ethyl adjacent to an activating group) is 1. The monoisotopic (exact) mass is 416 g/mol. The van der Waals surface area contributed by atoms with Crippen molar-refractivity contribution in [2.24, 2.45) is 0 Å². The van der Waals surface area contributed by atoms with Gasteiger partial charge in [-0.15, -0.1) is 0 Å². The lowest BCUT2D eigenvalue weighted by Gasteiger charge is -2.21. The Morgan fingerprint density at radius 1 is 1.27 bits per heavy atom. The zero-order valence-electron chi connectivity index (χ0n) is 14.5. The Morgan fingerprint density at radius 3 is 2.50 bits per heavy atom. The van der Waals surface area contributed by atoms with E-state index in [1.807, 2.05) is 13.8 Å². The second-order valence-electron chi connectivity index (χ2n) is 5.34. The second-order valence-corrected chi connectivity index (χ2v) is 7.18. The minimum atomic E-state index is -0.529. The van der Waals surface area contributed by atoms with Crippen LogP contribution in [0.3, 0.4) is 0 Å². The second kappa shape index (κ2) is 8.79. The Bertz CT molecular complexity index is 778.